The summed E-state index contributed by atoms with van der Waals surface area (Å²) >= 11 is 0. The number of nitriles is 1. The lowest BCUT2D eigenvalue weighted by Gasteiger charge is -2.35. The number of ether oxygens (including phenoxy) is 1. The summed E-state index contributed by atoms with van der Waals surface area (Å²) in [5.74, 6) is -1.03. The van der Waals surface area contributed by atoms with Crippen molar-refractivity contribution >= 4 is 11.9 Å². The highest BCUT2D eigenvalue weighted by Crippen LogP contribution is 2.40. The zero-order chi connectivity index (χ0) is 16.8. The van der Waals surface area contributed by atoms with Gasteiger partial charge in [0.25, 0.3) is 0 Å². The lowest BCUT2D eigenvalue weighted by Crippen LogP contribution is -2.36. The van der Waals surface area contributed by atoms with E-state index in [-0.39, 0.29) is 18.3 Å². The van der Waals surface area contributed by atoms with Gasteiger partial charge < -0.3 is 10.5 Å². The van der Waals surface area contributed by atoms with Gasteiger partial charge in [0.15, 0.2) is 0 Å². The molecule has 0 saturated heterocycles. The standard InChI is InChI=1S/C18H28N2O3/c19-13-17(7-3-1-4-8-17)11-15(21)23-16(22)12-18(14-20)9-5-2-6-10-18/h1-13,19H2. The van der Waals surface area contributed by atoms with Crippen LogP contribution in [0.15, 0.2) is 0 Å². The van der Waals surface area contributed by atoms with Gasteiger partial charge in [0.1, 0.15) is 0 Å². The maximum Gasteiger partial charge on any atom is 0.315 e. The molecule has 0 radical (unpaired) electrons. The molecule has 2 aliphatic rings. The molecule has 0 atom stereocenters. The Labute approximate surface area is 138 Å². The van der Waals surface area contributed by atoms with Gasteiger partial charge in [-0.25, -0.2) is 0 Å². The van der Waals surface area contributed by atoms with Crippen molar-refractivity contribution < 1.29 is 14.3 Å². The Hall–Kier alpha value is -1.41. The van der Waals surface area contributed by atoms with Gasteiger partial charge in [-0.2, -0.15) is 5.26 Å². The Kier molecular flexibility index (Phi) is 6.17. The van der Waals surface area contributed by atoms with E-state index < -0.39 is 17.4 Å². The van der Waals surface area contributed by atoms with E-state index in [2.05, 4.69) is 6.07 Å². The highest BCUT2D eigenvalue weighted by Gasteiger charge is 2.37. The second-order valence-electron chi connectivity index (χ2n) is 7.42. The summed E-state index contributed by atoms with van der Waals surface area (Å²) < 4.78 is 5.03. The van der Waals surface area contributed by atoms with E-state index in [1.807, 2.05) is 0 Å². The molecule has 128 valence electrons. The van der Waals surface area contributed by atoms with Crippen LogP contribution in [0.1, 0.15) is 77.0 Å². The largest absolute Gasteiger partial charge is 0.393 e. The van der Waals surface area contributed by atoms with Gasteiger partial charge in [-0.15, -0.1) is 0 Å². The second kappa shape index (κ2) is 7.92. The van der Waals surface area contributed by atoms with Crippen LogP contribution in [0, 0.1) is 22.2 Å². The number of hydrogen-bond acceptors (Lipinski definition) is 5. The number of esters is 2. The van der Waals surface area contributed by atoms with Crippen molar-refractivity contribution in [3.8, 4) is 6.07 Å². The van der Waals surface area contributed by atoms with Gasteiger partial charge in [-0.05, 0) is 37.6 Å². The number of hydrogen-bond donors (Lipinski definition) is 1. The molecular weight excluding hydrogens is 292 g/mol. The average molecular weight is 320 g/mol. The van der Waals surface area contributed by atoms with Gasteiger partial charge in [-0.3, -0.25) is 9.59 Å². The maximum atomic E-state index is 12.1. The predicted molar refractivity (Wildman–Crippen MR) is 86.0 cm³/mol. The number of carbonyl (C=O) groups excluding carboxylic acids is 2. The van der Waals surface area contributed by atoms with E-state index in [0.29, 0.717) is 6.54 Å². The third kappa shape index (κ3) is 4.78. The van der Waals surface area contributed by atoms with Crippen molar-refractivity contribution in [2.45, 2.75) is 77.0 Å². The van der Waals surface area contributed by atoms with Crippen molar-refractivity contribution in [2.24, 2.45) is 16.6 Å². The second-order valence-corrected chi connectivity index (χ2v) is 7.42. The first-order valence-electron chi connectivity index (χ1n) is 8.88. The van der Waals surface area contributed by atoms with E-state index in [4.69, 9.17) is 10.5 Å². The predicted octanol–water partition coefficient (Wildman–Crippen LogP) is 3.22. The van der Waals surface area contributed by atoms with E-state index in [9.17, 15) is 14.9 Å². The lowest BCUT2D eigenvalue weighted by molar-refractivity contribution is -0.162. The SMILES string of the molecule is N#CC1(CC(=O)OC(=O)CC2(CN)CCCCC2)CCCCC1. The topological polar surface area (TPSA) is 93.2 Å². The van der Waals surface area contributed by atoms with Crippen LogP contribution >= 0.6 is 0 Å². The van der Waals surface area contributed by atoms with E-state index in [1.54, 1.807) is 0 Å². The minimum absolute atomic E-state index is 0.0326. The van der Waals surface area contributed by atoms with Crippen LogP contribution in [-0.2, 0) is 14.3 Å². The van der Waals surface area contributed by atoms with Crippen LogP contribution < -0.4 is 5.73 Å². The fourth-order valence-corrected chi connectivity index (χ4v) is 4.09. The Bertz CT molecular complexity index is 469. The molecule has 0 heterocycles. The summed E-state index contributed by atoms with van der Waals surface area (Å²) in [7, 11) is 0. The first-order chi connectivity index (χ1) is 11.0. The molecule has 2 rings (SSSR count). The van der Waals surface area contributed by atoms with Crippen LogP contribution in [0.25, 0.3) is 0 Å². The highest BCUT2D eigenvalue weighted by molar-refractivity contribution is 5.86. The Morgan fingerprint density at radius 3 is 1.96 bits per heavy atom. The van der Waals surface area contributed by atoms with Crippen molar-refractivity contribution in [2.75, 3.05) is 6.54 Å². The third-order valence-electron chi connectivity index (χ3n) is 5.62. The Morgan fingerprint density at radius 1 is 0.913 bits per heavy atom. The van der Waals surface area contributed by atoms with E-state index >= 15 is 0 Å². The molecule has 0 aromatic heterocycles. The molecule has 0 amide bonds. The van der Waals surface area contributed by atoms with Crippen LogP contribution in [-0.4, -0.2) is 18.5 Å². The Morgan fingerprint density at radius 2 is 1.43 bits per heavy atom. The van der Waals surface area contributed by atoms with E-state index in [0.717, 1.165) is 57.8 Å². The van der Waals surface area contributed by atoms with Crippen molar-refractivity contribution in [3.63, 3.8) is 0 Å². The summed E-state index contributed by atoms with van der Waals surface area (Å²) in [6.45, 7) is 0.457. The number of nitrogens with zero attached hydrogens (tertiary/aromatic N) is 1. The lowest BCUT2D eigenvalue weighted by atomic mass is 9.72. The molecule has 2 aliphatic carbocycles. The molecule has 0 bridgehead atoms. The molecule has 0 aliphatic heterocycles. The first-order valence-corrected chi connectivity index (χ1v) is 8.88. The van der Waals surface area contributed by atoms with Crippen LogP contribution in [0.3, 0.4) is 0 Å². The molecule has 2 saturated carbocycles. The molecule has 0 unspecified atom stereocenters. The van der Waals surface area contributed by atoms with Crippen molar-refractivity contribution in [1.29, 1.82) is 5.26 Å². The summed E-state index contributed by atoms with van der Waals surface area (Å²) in [6.07, 6.45) is 9.92. The average Bonchev–Trinajstić information content (AvgIpc) is 2.56. The molecule has 2 fully saturated rings. The minimum atomic E-state index is -0.633. The molecule has 5 nitrogen and oxygen atoms in total. The molecule has 0 aromatic rings. The number of nitrogens with two attached hydrogens (primary N) is 1. The third-order valence-corrected chi connectivity index (χ3v) is 5.62. The van der Waals surface area contributed by atoms with Crippen molar-refractivity contribution in [3.05, 3.63) is 0 Å². The maximum absolute atomic E-state index is 12.1. The van der Waals surface area contributed by atoms with Gasteiger partial charge in [0.2, 0.25) is 0 Å². The number of rotatable bonds is 5. The molecule has 0 aromatic carbocycles. The zero-order valence-corrected chi connectivity index (χ0v) is 13.9. The minimum Gasteiger partial charge on any atom is -0.393 e. The smallest absolute Gasteiger partial charge is 0.315 e. The van der Waals surface area contributed by atoms with Gasteiger partial charge in [-0.1, -0.05) is 38.5 Å². The number of carbonyl (C=O) groups is 2. The van der Waals surface area contributed by atoms with Crippen LogP contribution in [0.4, 0.5) is 0 Å². The van der Waals surface area contributed by atoms with Gasteiger partial charge >= 0.3 is 11.9 Å². The normalized spacial score (nSPS) is 22.8. The first kappa shape index (κ1) is 17.9. The van der Waals surface area contributed by atoms with Gasteiger partial charge in [0, 0.05) is 0 Å². The fourth-order valence-electron chi connectivity index (χ4n) is 4.09. The van der Waals surface area contributed by atoms with Gasteiger partial charge in [0.05, 0.1) is 24.3 Å². The zero-order valence-electron chi connectivity index (χ0n) is 13.9. The Balaban J connectivity index is 1.86. The fraction of sp³-hybridized carbons (Fsp3) is 0.833. The summed E-state index contributed by atoms with van der Waals surface area (Å²) in [4.78, 5) is 24.2. The summed E-state index contributed by atoms with van der Waals surface area (Å²) in [5.41, 5.74) is 5.04. The van der Waals surface area contributed by atoms with Crippen LogP contribution in [0.5, 0.6) is 0 Å². The monoisotopic (exact) mass is 320 g/mol. The van der Waals surface area contributed by atoms with Crippen molar-refractivity contribution in [1.82, 2.24) is 0 Å². The van der Waals surface area contributed by atoms with Crippen LogP contribution in [0.2, 0.25) is 0 Å². The quantitative estimate of drug-likeness (QED) is 0.620. The molecule has 23 heavy (non-hydrogen) atoms. The molecule has 2 N–H and O–H groups in total. The molecule has 0 spiro atoms. The summed E-state index contributed by atoms with van der Waals surface area (Å²) in [6, 6.07) is 2.29. The summed E-state index contributed by atoms with van der Waals surface area (Å²) in [5, 5.41) is 9.41. The highest BCUT2D eigenvalue weighted by atomic mass is 16.6. The molecule has 5 heteroatoms. The van der Waals surface area contributed by atoms with E-state index in [1.165, 1.54) is 6.42 Å². The molecular formula is C18H28N2O3.